The van der Waals surface area contributed by atoms with Gasteiger partial charge >= 0.3 is 0 Å². The summed E-state index contributed by atoms with van der Waals surface area (Å²) < 4.78 is 0. The van der Waals surface area contributed by atoms with Crippen molar-refractivity contribution in [2.45, 2.75) is 116 Å². The molecule has 6 nitrogen and oxygen atoms in total. The van der Waals surface area contributed by atoms with Crippen LogP contribution in [0.4, 0.5) is 0 Å². The molecule has 2 N–H and O–H groups in total. The lowest BCUT2D eigenvalue weighted by atomic mass is 10.0. The first-order valence-electron chi connectivity index (χ1n) is 23.1. The Kier molecular flexibility index (Phi) is 41.3. The molecule has 0 aliphatic heterocycles. The van der Waals surface area contributed by atoms with E-state index in [0.29, 0.717) is 29.1 Å². The summed E-state index contributed by atoms with van der Waals surface area (Å²) in [5.74, 6) is 0.882. The maximum atomic E-state index is 10.3. The van der Waals surface area contributed by atoms with Crippen LogP contribution < -0.4 is 0 Å². The molecule has 5 aromatic carbocycles. The van der Waals surface area contributed by atoms with E-state index in [1.807, 2.05) is 149 Å². The standard InChI is InChI=1S/2C10H14O.C10H12O.C10H10O.C7H6O.2C5H12.C3H6O/c4*1-9(8-11)7-10-5-3-2-4-6-10;8-6-7-4-2-1-3-5-7;2*1-5(2,3)4;1-2-3-4/h2*2-6,9,11H,7-8H2,1H3;2-6,8-9H,7H2,1H3;2-8H,1H3;1-6H;2*1-4H3;3H,2H2,1H3/b;;;9-7+;;;;. The first-order valence-corrected chi connectivity index (χ1v) is 23.1. The lowest BCUT2D eigenvalue weighted by Crippen LogP contribution is -2.03. The molecule has 0 amide bonds. The Bertz CT molecular complexity index is 1790. The summed E-state index contributed by atoms with van der Waals surface area (Å²) in [4.78, 5) is 39.7. The molecule has 0 heterocycles. The van der Waals surface area contributed by atoms with Crippen LogP contribution in [0.15, 0.2) is 157 Å². The van der Waals surface area contributed by atoms with Crippen LogP contribution in [0.2, 0.25) is 0 Å². The maximum Gasteiger partial charge on any atom is 0.150 e. The Hall–Kier alpha value is -5.56. The predicted molar refractivity (Wildman–Crippen MR) is 283 cm³/mol. The number of carbonyl (C=O) groups excluding carboxylic acids is 4. The molecule has 0 aliphatic rings. The summed E-state index contributed by atoms with van der Waals surface area (Å²) >= 11 is 0. The Morgan fingerprint density at radius 1 is 0.485 bits per heavy atom. The number of hydrogen-bond donors (Lipinski definition) is 2. The van der Waals surface area contributed by atoms with E-state index in [1.165, 1.54) is 16.7 Å². The number of allylic oxidation sites excluding steroid dienone is 1. The van der Waals surface area contributed by atoms with Crippen molar-refractivity contribution >= 4 is 31.2 Å². The topological polar surface area (TPSA) is 109 Å². The second kappa shape index (κ2) is 42.1. The SMILES string of the molecule is C/C(C=O)=C\c1ccccc1.CC(C)(C)C.CC(C)(C)C.CC(C=O)Cc1ccccc1.CC(CO)Cc1ccccc1.CC(CO)Cc1ccccc1.CCC=O.O=Cc1ccccc1. The molecule has 66 heavy (non-hydrogen) atoms. The highest BCUT2D eigenvalue weighted by Crippen LogP contribution is 2.10. The van der Waals surface area contributed by atoms with Crippen LogP contribution in [0.25, 0.3) is 6.08 Å². The number of aliphatic hydroxyl groups excluding tert-OH is 2. The fourth-order valence-electron chi connectivity index (χ4n) is 4.57. The number of rotatable bonds is 13. The normalized spacial score (nSPS) is 11.5. The monoisotopic (exact) mass is 903 g/mol. The Balaban J connectivity index is -0.000000704. The van der Waals surface area contributed by atoms with E-state index in [0.717, 1.165) is 61.1 Å². The van der Waals surface area contributed by atoms with Crippen molar-refractivity contribution in [2.75, 3.05) is 13.2 Å². The van der Waals surface area contributed by atoms with Crippen LogP contribution >= 0.6 is 0 Å². The minimum Gasteiger partial charge on any atom is -0.396 e. The van der Waals surface area contributed by atoms with Crippen LogP contribution in [0, 0.1) is 28.6 Å². The molecule has 0 aliphatic carbocycles. The summed E-state index contributed by atoms with van der Waals surface area (Å²) in [5.41, 5.74) is 7.37. The van der Waals surface area contributed by atoms with E-state index in [2.05, 4.69) is 79.7 Å². The number of aliphatic hydroxyl groups is 2. The Morgan fingerprint density at radius 3 is 0.985 bits per heavy atom. The van der Waals surface area contributed by atoms with Gasteiger partial charge in [0.05, 0.1) is 0 Å². The van der Waals surface area contributed by atoms with E-state index < -0.39 is 0 Å². The second-order valence-corrected chi connectivity index (χ2v) is 19.3. The van der Waals surface area contributed by atoms with Gasteiger partial charge in [-0.25, -0.2) is 0 Å². The molecule has 5 rings (SSSR count). The van der Waals surface area contributed by atoms with Gasteiger partial charge in [-0.1, -0.05) is 235 Å². The van der Waals surface area contributed by atoms with E-state index in [1.54, 1.807) is 19.1 Å². The predicted octanol–water partition coefficient (Wildman–Crippen LogP) is 14.3. The second-order valence-electron chi connectivity index (χ2n) is 19.3. The number of aldehydes is 4. The van der Waals surface area contributed by atoms with Gasteiger partial charge < -0.3 is 19.8 Å². The quantitative estimate of drug-likeness (QED) is 0.0900. The lowest BCUT2D eigenvalue weighted by molar-refractivity contribution is -0.110. The van der Waals surface area contributed by atoms with Crippen LogP contribution in [-0.4, -0.2) is 48.6 Å². The third-order valence-corrected chi connectivity index (χ3v) is 7.59. The van der Waals surface area contributed by atoms with Crippen molar-refractivity contribution in [3.8, 4) is 0 Å². The average Bonchev–Trinajstić information content (AvgIpc) is 3.30. The zero-order valence-corrected chi connectivity index (χ0v) is 42.8. The summed E-state index contributed by atoms with van der Waals surface area (Å²) in [6, 6.07) is 49.4. The van der Waals surface area contributed by atoms with Gasteiger partial charge in [0.1, 0.15) is 25.1 Å². The summed E-state index contributed by atoms with van der Waals surface area (Å²) in [7, 11) is 0. The Labute approximate surface area is 401 Å². The van der Waals surface area contributed by atoms with E-state index >= 15 is 0 Å². The summed E-state index contributed by atoms with van der Waals surface area (Å²) in [6.07, 6.45) is 8.84. The molecule has 0 spiro atoms. The van der Waals surface area contributed by atoms with Gasteiger partial charge in [-0.15, -0.1) is 0 Å². The third-order valence-electron chi connectivity index (χ3n) is 7.59. The number of carbonyl (C=O) groups is 4. The third kappa shape index (κ3) is 51.1. The van der Waals surface area contributed by atoms with Crippen molar-refractivity contribution in [3.05, 3.63) is 185 Å². The minimum absolute atomic E-state index is 0.136. The van der Waals surface area contributed by atoms with Crippen LogP contribution in [0.3, 0.4) is 0 Å². The first-order chi connectivity index (χ1) is 31.1. The van der Waals surface area contributed by atoms with Crippen molar-refractivity contribution < 1.29 is 29.4 Å². The fraction of sp³-hybridized carbons (Fsp3) is 0.400. The van der Waals surface area contributed by atoms with E-state index in [9.17, 15) is 19.2 Å². The maximum absolute atomic E-state index is 10.3. The van der Waals surface area contributed by atoms with Crippen LogP contribution in [0.5, 0.6) is 0 Å². The van der Waals surface area contributed by atoms with E-state index in [4.69, 9.17) is 10.2 Å². The molecule has 0 saturated carbocycles. The molecule has 3 atom stereocenters. The van der Waals surface area contributed by atoms with Gasteiger partial charge in [0.15, 0.2) is 0 Å². The zero-order chi connectivity index (χ0) is 50.7. The highest BCUT2D eigenvalue weighted by Gasteiger charge is 2.02. The molecule has 6 heteroatoms. The minimum atomic E-state index is 0.136. The van der Waals surface area contributed by atoms with Crippen molar-refractivity contribution in [1.29, 1.82) is 0 Å². The first kappa shape index (κ1) is 64.7. The van der Waals surface area contributed by atoms with Gasteiger partial charge in [-0.05, 0) is 82.8 Å². The molecular formula is C60H86O6. The highest BCUT2D eigenvalue weighted by molar-refractivity contribution is 5.80. The average molecular weight is 903 g/mol. The molecule has 0 saturated heterocycles. The molecule has 5 aromatic rings. The summed E-state index contributed by atoms with van der Waals surface area (Å²) in [5, 5.41) is 17.6. The molecule has 3 unspecified atom stereocenters. The smallest absolute Gasteiger partial charge is 0.150 e. The van der Waals surface area contributed by atoms with Crippen molar-refractivity contribution in [1.82, 2.24) is 0 Å². The van der Waals surface area contributed by atoms with Crippen molar-refractivity contribution in [3.63, 3.8) is 0 Å². The van der Waals surface area contributed by atoms with Crippen LogP contribution in [-0.2, 0) is 33.6 Å². The van der Waals surface area contributed by atoms with Gasteiger partial charge in [-0.2, -0.15) is 0 Å². The van der Waals surface area contributed by atoms with Crippen molar-refractivity contribution in [2.24, 2.45) is 28.6 Å². The van der Waals surface area contributed by atoms with Gasteiger partial charge in [0, 0.05) is 31.1 Å². The molecule has 0 bridgehead atoms. The number of benzene rings is 5. The molecular weight excluding hydrogens is 817 g/mol. The summed E-state index contributed by atoms with van der Waals surface area (Å²) in [6.45, 7) is 27.7. The van der Waals surface area contributed by atoms with Gasteiger partial charge in [0.25, 0.3) is 0 Å². The molecule has 0 fully saturated rings. The lowest BCUT2D eigenvalue weighted by Gasteiger charge is -2.06. The van der Waals surface area contributed by atoms with Gasteiger partial charge in [-0.3, -0.25) is 9.59 Å². The van der Waals surface area contributed by atoms with Gasteiger partial charge in [0.2, 0.25) is 0 Å². The molecule has 0 radical (unpaired) electrons. The zero-order valence-electron chi connectivity index (χ0n) is 42.8. The largest absolute Gasteiger partial charge is 0.396 e. The molecule has 362 valence electrons. The Morgan fingerprint density at radius 2 is 0.758 bits per heavy atom. The highest BCUT2D eigenvalue weighted by atomic mass is 16.3. The van der Waals surface area contributed by atoms with E-state index in [-0.39, 0.29) is 19.1 Å². The fourth-order valence-corrected chi connectivity index (χ4v) is 4.57. The number of hydrogen-bond acceptors (Lipinski definition) is 6. The van der Waals surface area contributed by atoms with Crippen LogP contribution in [0.1, 0.15) is 129 Å². The molecule has 0 aromatic heterocycles.